The Balaban J connectivity index is 1.76. The Morgan fingerprint density at radius 2 is 2.25 bits per heavy atom. The summed E-state index contributed by atoms with van der Waals surface area (Å²) in [7, 11) is -0.878. The van der Waals surface area contributed by atoms with Crippen LogP contribution in [0, 0.1) is 0 Å². The van der Waals surface area contributed by atoms with Crippen LogP contribution < -0.4 is 21.5 Å². The largest absolute Gasteiger partial charge is 0.491 e. The summed E-state index contributed by atoms with van der Waals surface area (Å²) in [5.74, 6) is 0.331. The first-order valence-corrected chi connectivity index (χ1v) is 6.79. The molecular formula is C12H12BN3O3S. The maximum Gasteiger partial charge on any atom is 0.491 e. The highest BCUT2D eigenvalue weighted by molar-refractivity contribution is 8.00. The van der Waals surface area contributed by atoms with E-state index < -0.39 is 7.12 Å². The smallest absolute Gasteiger partial charge is 0.423 e. The highest BCUT2D eigenvalue weighted by atomic mass is 32.2. The molecule has 0 amide bonds. The molecule has 8 heteroatoms. The van der Waals surface area contributed by atoms with Gasteiger partial charge in [-0.25, -0.2) is 0 Å². The number of nitrogen functional groups attached to an aromatic ring is 1. The fraction of sp³-hybridized carbons (Fsp3) is 0.0833. The van der Waals surface area contributed by atoms with Crippen LogP contribution in [0.15, 0.2) is 40.0 Å². The average molecular weight is 289 g/mol. The summed E-state index contributed by atoms with van der Waals surface area (Å²) in [5, 5.41) is 9.64. The third-order valence-corrected chi connectivity index (χ3v) is 3.86. The summed E-state index contributed by atoms with van der Waals surface area (Å²) < 4.78 is 8.19. The first-order chi connectivity index (χ1) is 9.63. The summed E-state index contributed by atoms with van der Waals surface area (Å²) in [6.07, 6.45) is 0. The first kappa shape index (κ1) is 13.1. The lowest BCUT2D eigenvalue weighted by Gasteiger charge is -2.07. The summed E-state index contributed by atoms with van der Waals surface area (Å²) in [6, 6.07) is 8.86. The van der Waals surface area contributed by atoms with E-state index in [4.69, 9.17) is 10.4 Å². The lowest BCUT2D eigenvalue weighted by Crippen LogP contribution is -2.28. The van der Waals surface area contributed by atoms with Gasteiger partial charge in [-0.2, -0.15) is 0 Å². The standard InChI is InChI=1S/C12H12BN3O3S/c14-11-4-3-10(12(17)15-11)20-16-8-2-1-7-6-19-13(18)9(7)5-8/h1-5,16,18H,6H2,(H3,14,15,17). The van der Waals surface area contributed by atoms with E-state index in [-0.39, 0.29) is 5.56 Å². The maximum atomic E-state index is 11.6. The van der Waals surface area contributed by atoms with Gasteiger partial charge in [-0.05, 0) is 47.2 Å². The molecule has 1 aromatic heterocycles. The summed E-state index contributed by atoms with van der Waals surface area (Å²) >= 11 is 1.18. The number of benzene rings is 1. The molecule has 1 aliphatic heterocycles. The third-order valence-electron chi connectivity index (χ3n) is 2.98. The number of rotatable bonds is 3. The monoisotopic (exact) mass is 289 g/mol. The minimum atomic E-state index is -0.878. The van der Waals surface area contributed by atoms with Gasteiger partial charge in [0.1, 0.15) is 5.82 Å². The van der Waals surface area contributed by atoms with Crippen LogP contribution in [-0.4, -0.2) is 17.1 Å². The Kier molecular flexibility index (Phi) is 3.43. The second-order valence-corrected chi connectivity index (χ2v) is 5.24. The van der Waals surface area contributed by atoms with E-state index in [0.29, 0.717) is 17.3 Å². The van der Waals surface area contributed by atoms with Crippen LogP contribution in [0.2, 0.25) is 0 Å². The van der Waals surface area contributed by atoms with Crippen molar-refractivity contribution >= 4 is 36.0 Å². The molecule has 0 fully saturated rings. The Labute approximate surface area is 119 Å². The molecule has 5 N–H and O–H groups in total. The van der Waals surface area contributed by atoms with Crippen LogP contribution >= 0.6 is 11.9 Å². The molecule has 0 unspecified atom stereocenters. The van der Waals surface area contributed by atoms with Crippen molar-refractivity contribution in [2.75, 3.05) is 10.5 Å². The molecule has 0 aliphatic carbocycles. The fourth-order valence-electron chi connectivity index (χ4n) is 1.95. The molecule has 102 valence electrons. The highest BCUT2D eigenvalue weighted by Gasteiger charge is 2.27. The molecule has 0 radical (unpaired) electrons. The molecule has 3 rings (SSSR count). The normalized spacial score (nSPS) is 13.3. The number of aromatic nitrogens is 1. The third kappa shape index (κ3) is 2.53. The number of anilines is 2. The molecule has 20 heavy (non-hydrogen) atoms. The Morgan fingerprint density at radius 1 is 1.40 bits per heavy atom. The van der Waals surface area contributed by atoms with E-state index in [0.717, 1.165) is 16.7 Å². The van der Waals surface area contributed by atoms with Crippen LogP contribution in [0.5, 0.6) is 0 Å². The summed E-state index contributed by atoms with van der Waals surface area (Å²) in [6.45, 7) is 0.418. The number of aromatic amines is 1. The second-order valence-electron chi connectivity index (χ2n) is 4.39. The highest BCUT2D eigenvalue weighted by Crippen LogP contribution is 2.20. The van der Waals surface area contributed by atoms with Crippen molar-refractivity contribution in [3.63, 3.8) is 0 Å². The number of nitrogens with two attached hydrogens (primary N) is 1. The number of pyridine rings is 1. The summed E-state index contributed by atoms with van der Waals surface area (Å²) in [5.41, 5.74) is 7.75. The molecule has 2 aromatic rings. The lowest BCUT2D eigenvalue weighted by molar-refractivity contribution is 0.275. The number of H-pyrrole nitrogens is 1. The average Bonchev–Trinajstić information content (AvgIpc) is 2.79. The van der Waals surface area contributed by atoms with Gasteiger partial charge >= 0.3 is 7.12 Å². The summed E-state index contributed by atoms with van der Waals surface area (Å²) in [4.78, 5) is 14.7. The number of fused-ring (bicyclic) bond motifs is 1. The van der Waals surface area contributed by atoms with Crippen LogP contribution in [0.4, 0.5) is 11.5 Å². The van der Waals surface area contributed by atoms with Gasteiger partial charge in [0.15, 0.2) is 0 Å². The molecule has 0 bridgehead atoms. The molecule has 2 heterocycles. The van der Waals surface area contributed by atoms with Gasteiger partial charge in [0.05, 0.1) is 11.5 Å². The molecule has 0 saturated heterocycles. The maximum absolute atomic E-state index is 11.6. The van der Waals surface area contributed by atoms with Crippen molar-refractivity contribution < 1.29 is 9.68 Å². The molecule has 0 atom stereocenters. The second kappa shape index (κ2) is 5.24. The van der Waals surface area contributed by atoms with Gasteiger partial charge in [-0.3, -0.25) is 4.79 Å². The predicted octanol–water partition coefficient (Wildman–Crippen LogP) is 0.294. The Bertz CT molecular complexity index is 707. The first-order valence-electron chi connectivity index (χ1n) is 5.97. The molecule has 0 spiro atoms. The van der Waals surface area contributed by atoms with E-state index >= 15 is 0 Å². The molecular weight excluding hydrogens is 277 g/mol. The van der Waals surface area contributed by atoms with Crippen molar-refractivity contribution in [3.05, 3.63) is 46.2 Å². The van der Waals surface area contributed by atoms with Crippen molar-refractivity contribution in [1.29, 1.82) is 0 Å². The number of hydrogen-bond donors (Lipinski definition) is 4. The zero-order valence-corrected chi connectivity index (χ0v) is 11.2. The van der Waals surface area contributed by atoms with Crippen molar-refractivity contribution in [1.82, 2.24) is 4.98 Å². The van der Waals surface area contributed by atoms with Crippen LogP contribution in [-0.2, 0) is 11.3 Å². The van der Waals surface area contributed by atoms with Gasteiger partial charge < -0.3 is 25.1 Å². The van der Waals surface area contributed by atoms with E-state index in [9.17, 15) is 9.82 Å². The molecule has 0 saturated carbocycles. The van der Waals surface area contributed by atoms with Crippen LogP contribution in [0.1, 0.15) is 5.56 Å². The van der Waals surface area contributed by atoms with Crippen LogP contribution in [0.25, 0.3) is 0 Å². The predicted molar refractivity (Wildman–Crippen MR) is 79.8 cm³/mol. The zero-order valence-electron chi connectivity index (χ0n) is 10.4. The molecule has 1 aromatic carbocycles. The lowest BCUT2D eigenvalue weighted by atomic mass is 9.79. The van der Waals surface area contributed by atoms with Crippen LogP contribution in [0.3, 0.4) is 0 Å². The minimum absolute atomic E-state index is 0.243. The Morgan fingerprint density at radius 3 is 3.05 bits per heavy atom. The van der Waals surface area contributed by atoms with E-state index in [2.05, 4.69) is 9.71 Å². The zero-order chi connectivity index (χ0) is 14.1. The quantitative estimate of drug-likeness (QED) is 0.479. The van der Waals surface area contributed by atoms with E-state index in [1.165, 1.54) is 11.9 Å². The van der Waals surface area contributed by atoms with E-state index in [1.807, 2.05) is 18.2 Å². The van der Waals surface area contributed by atoms with E-state index in [1.54, 1.807) is 12.1 Å². The van der Waals surface area contributed by atoms with Crippen molar-refractivity contribution in [2.45, 2.75) is 11.5 Å². The molecule has 1 aliphatic rings. The van der Waals surface area contributed by atoms with Gasteiger partial charge in [-0.15, -0.1) is 0 Å². The SMILES string of the molecule is Nc1ccc(SNc2ccc3c(c2)B(O)OC3)c(=O)[nH]1. The van der Waals surface area contributed by atoms with Gasteiger partial charge in [-0.1, -0.05) is 6.07 Å². The van der Waals surface area contributed by atoms with Gasteiger partial charge in [0.25, 0.3) is 5.56 Å². The topological polar surface area (TPSA) is 100 Å². The van der Waals surface area contributed by atoms with Gasteiger partial charge in [0.2, 0.25) is 0 Å². The number of hydrogen-bond acceptors (Lipinski definition) is 6. The fourth-order valence-corrected chi connectivity index (χ4v) is 2.58. The van der Waals surface area contributed by atoms with Crippen molar-refractivity contribution in [3.8, 4) is 0 Å². The Hall–Kier alpha value is -1.90. The number of nitrogens with one attached hydrogen (secondary N) is 2. The minimum Gasteiger partial charge on any atom is -0.423 e. The van der Waals surface area contributed by atoms with Crippen molar-refractivity contribution in [2.24, 2.45) is 0 Å². The van der Waals surface area contributed by atoms with Gasteiger partial charge in [0, 0.05) is 5.69 Å². The molecule has 6 nitrogen and oxygen atoms in total.